The highest BCUT2D eigenvalue weighted by atomic mass is 35.5. The molecule has 122 valence electrons. The zero-order valence-electron chi connectivity index (χ0n) is 13.0. The number of carbonyl (C=O) groups excluding carboxylic acids is 1. The molecule has 0 saturated carbocycles. The third-order valence-electron chi connectivity index (χ3n) is 4.41. The van der Waals surface area contributed by atoms with Gasteiger partial charge in [0.15, 0.2) is 11.5 Å². The number of piperidine rings is 1. The molecule has 1 amide bonds. The summed E-state index contributed by atoms with van der Waals surface area (Å²) >= 11 is 5.98. The number of aromatic nitrogens is 1. The van der Waals surface area contributed by atoms with E-state index in [-0.39, 0.29) is 11.9 Å². The molecule has 0 spiro atoms. The summed E-state index contributed by atoms with van der Waals surface area (Å²) in [7, 11) is 0. The van der Waals surface area contributed by atoms with Crippen LogP contribution in [0.2, 0.25) is 5.02 Å². The van der Waals surface area contributed by atoms with Crippen molar-refractivity contribution in [2.45, 2.75) is 25.8 Å². The van der Waals surface area contributed by atoms with Crippen molar-refractivity contribution in [3.05, 3.63) is 41.0 Å². The van der Waals surface area contributed by atoms with Crippen LogP contribution in [-0.2, 0) is 0 Å². The number of halogens is 1. The lowest BCUT2D eigenvalue weighted by Gasteiger charge is -2.33. The van der Waals surface area contributed by atoms with E-state index in [0.29, 0.717) is 35.5 Å². The summed E-state index contributed by atoms with van der Waals surface area (Å²) in [6, 6.07) is 9.12. The Morgan fingerprint density at radius 2 is 2.13 bits per heavy atom. The van der Waals surface area contributed by atoms with Gasteiger partial charge >= 0.3 is 0 Å². The maximum atomic E-state index is 12.5. The predicted octanol–water partition coefficient (Wildman–Crippen LogP) is 3.19. The van der Waals surface area contributed by atoms with Crippen molar-refractivity contribution in [1.82, 2.24) is 10.1 Å². The van der Waals surface area contributed by atoms with Crippen LogP contribution >= 0.6 is 11.6 Å². The molecule has 1 atom stereocenters. The minimum absolute atomic E-state index is 0.0925. The number of hydrogen-bond acceptors (Lipinski definition) is 4. The topological polar surface area (TPSA) is 72.4 Å². The minimum atomic E-state index is -0.0925. The molecule has 23 heavy (non-hydrogen) atoms. The maximum Gasteiger partial charge on any atom is 0.276 e. The Labute approximate surface area is 140 Å². The molecular formula is C17H20ClN3O2. The number of nitrogens with two attached hydrogens (primary N) is 1. The largest absolute Gasteiger partial charge is 0.355 e. The first kappa shape index (κ1) is 16.0. The predicted molar refractivity (Wildman–Crippen MR) is 89.2 cm³/mol. The molecule has 1 unspecified atom stereocenters. The molecule has 1 aromatic heterocycles. The third kappa shape index (κ3) is 3.57. The summed E-state index contributed by atoms with van der Waals surface area (Å²) in [6.45, 7) is 3.45. The van der Waals surface area contributed by atoms with E-state index in [1.165, 1.54) is 0 Å². The van der Waals surface area contributed by atoms with Gasteiger partial charge in [-0.2, -0.15) is 0 Å². The number of rotatable bonds is 3. The molecule has 3 rings (SSSR count). The van der Waals surface area contributed by atoms with Crippen LogP contribution in [0.4, 0.5) is 0 Å². The van der Waals surface area contributed by atoms with Crippen LogP contribution < -0.4 is 5.73 Å². The van der Waals surface area contributed by atoms with E-state index < -0.39 is 0 Å². The molecule has 1 aromatic carbocycles. The fraction of sp³-hybridized carbons (Fsp3) is 0.412. The van der Waals surface area contributed by atoms with Crippen LogP contribution in [0, 0.1) is 5.92 Å². The molecule has 1 saturated heterocycles. The lowest BCUT2D eigenvalue weighted by Crippen LogP contribution is -2.42. The monoisotopic (exact) mass is 333 g/mol. The Morgan fingerprint density at radius 1 is 1.39 bits per heavy atom. The number of amides is 1. The minimum Gasteiger partial charge on any atom is -0.355 e. The first-order valence-corrected chi connectivity index (χ1v) is 8.20. The zero-order valence-corrected chi connectivity index (χ0v) is 13.8. The lowest BCUT2D eigenvalue weighted by atomic mass is 9.91. The zero-order chi connectivity index (χ0) is 16.4. The molecule has 0 aliphatic carbocycles. The van der Waals surface area contributed by atoms with E-state index in [2.05, 4.69) is 5.16 Å². The number of hydrogen-bond donors (Lipinski definition) is 1. The second kappa shape index (κ2) is 6.72. The van der Waals surface area contributed by atoms with Gasteiger partial charge in [0.25, 0.3) is 5.91 Å². The van der Waals surface area contributed by atoms with Gasteiger partial charge in [0.1, 0.15) is 0 Å². The number of benzene rings is 1. The highest BCUT2D eigenvalue weighted by Gasteiger charge is 2.27. The summed E-state index contributed by atoms with van der Waals surface area (Å²) in [4.78, 5) is 14.4. The molecule has 1 aliphatic heterocycles. The quantitative estimate of drug-likeness (QED) is 0.936. The van der Waals surface area contributed by atoms with Gasteiger partial charge in [0, 0.05) is 35.8 Å². The summed E-state index contributed by atoms with van der Waals surface area (Å²) in [5.74, 6) is 0.935. The van der Waals surface area contributed by atoms with Gasteiger partial charge in [0.05, 0.1) is 0 Å². The third-order valence-corrected chi connectivity index (χ3v) is 4.64. The van der Waals surface area contributed by atoms with Crippen LogP contribution in [0.25, 0.3) is 11.3 Å². The highest BCUT2D eigenvalue weighted by molar-refractivity contribution is 6.30. The molecule has 2 aromatic rings. The van der Waals surface area contributed by atoms with Gasteiger partial charge in [-0.1, -0.05) is 28.9 Å². The first-order chi connectivity index (χ1) is 11.0. The van der Waals surface area contributed by atoms with Gasteiger partial charge in [0.2, 0.25) is 0 Å². The molecule has 2 N–H and O–H groups in total. The average molecular weight is 334 g/mol. The molecule has 2 heterocycles. The number of carbonyl (C=O) groups is 1. The SMILES string of the molecule is CC(N)C1CCN(C(=O)c2cc(-c3cccc(Cl)c3)on2)CC1. The van der Waals surface area contributed by atoms with Crippen molar-refractivity contribution in [3.8, 4) is 11.3 Å². The molecule has 5 nitrogen and oxygen atoms in total. The summed E-state index contributed by atoms with van der Waals surface area (Å²) < 4.78 is 5.30. The Morgan fingerprint density at radius 3 is 2.78 bits per heavy atom. The normalized spacial score (nSPS) is 17.3. The maximum absolute atomic E-state index is 12.5. The van der Waals surface area contributed by atoms with Crippen LogP contribution in [-0.4, -0.2) is 35.1 Å². The van der Waals surface area contributed by atoms with Crippen LogP contribution in [0.3, 0.4) is 0 Å². The van der Waals surface area contributed by atoms with E-state index in [4.69, 9.17) is 21.9 Å². The summed E-state index contributed by atoms with van der Waals surface area (Å²) in [6.07, 6.45) is 1.87. The van der Waals surface area contributed by atoms with Gasteiger partial charge in [-0.15, -0.1) is 0 Å². The van der Waals surface area contributed by atoms with Gasteiger partial charge in [-0.3, -0.25) is 4.79 Å². The van der Waals surface area contributed by atoms with Crippen LogP contribution in [0.15, 0.2) is 34.9 Å². The van der Waals surface area contributed by atoms with Crippen molar-refractivity contribution < 1.29 is 9.32 Å². The summed E-state index contributed by atoms with van der Waals surface area (Å²) in [5, 5.41) is 4.53. The first-order valence-electron chi connectivity index (χ1n) is 7.82. The van der Waals surface area contributed by atoms with Crippen molar-refractivity contribution in [2.75, 3.05) is 13.1 Å². The molecule has 6 heteroatoms. The Hall–Kier alpha value is -1.85. The Kier molecular flexibility index (Phi) is 4.68. The van der Waals surface area contributed by atoms with E-state index >= 15 is 0 Å². The standard InChI is InChI=1S/C17H20ClN3O2/c1-11(19)12-5-7-21(8-6-12)17(22)15-10-16(23-20-15)13-3-2-4-14(18)9-13/h2-4,9-12H,5-8,19H2,1H3. The lowest BCUT2D eigenvalue weighted by molar-refractivity contribution is 0.0670. The fourth-order valence-corrected chi connectivity index (χ4v) is 3.13. The molecule has 0 radical (unpaired) electrons. The number of likely N-dealkylation sites (tertiary alicyclic amines) is 1. The van der Waals surface area contributed by atoms with Crippen molar-refractivity contribution in [1.29, 1.82) is 0 Å². The highest BCUT2D eigenvalue weighted by Crippen LogP contribution is 2.25. The van der Waals surface area contributed by atoms with Gasteiger partial charge in [-0.05, 0) is 37.8 Å². The Bertz CT molecular complexity index is 691. The van der Waals surface area contributed by atoms with Crippen molar-refractivity contribution in [3.63, 3.8) is 0 Å². The molecule has 0 bridgehead atoms. The second-order valence-electron chi connectivity index (χ2n) is 6.08. The second-order valence-corrected chi connectivity index (χ2v) is 6.51. The number of nitrogens with zero attached hydrogens (tertiary/aromatic N) is 2. The van der Waals surface area contributed by atoms with E-state index in [9.17, 15) is 4.79 Å². The van der Waals surface area contributed by atoms with Crippen molar-refractivity contribution in [2.24, 2.45) is 11.7 Å². The smallest absolute Gasteiger partial charge is 0.276 e. The van der Waals surface area contributed by atoms with E-state index in [1.807, 2.05) is 24.0 Å². The van der Waals surface area contributed by atoms with Crippen molar-refractivity contribution >= 4 is 17.5 Å². The van der Waals surface area contributed by atoms with Gasteiger partial charge in [-0.25, -0.2) is 0 Å². The molecule has 1 aliphatic rings. The van der Waals surface area contributed by atoms with E-state index in [1.54, 1.807) is 18.2 Å². The van der Waals surface area contributed by atoms with Crippen LogP contribution in [0.5, 0.6) is 0 Å². The van der Waals surface area contributed by atoms with Crippen LogP contribution in [0.1, 0.15) is 30.3 Å². The Balaban J connectivity index is 1.70. The molecule has 1 fully saturated rings. The van der Waals surface area contributed by atoms with E-state index in [0.717, 1.165) is 18.4 Å². The fourth-order valence-electron chi connectivity index (χ4n) is 2.94. The average Bonchev–Trinajstić information content (AvgIpc) is 3.04. The van der Waals surface area contributed by atoms with Gasteiger partial charge < -0.3 is 15.2 Å². The summed E-state index contributed by atoms with van der Waals surface area (Å²) in [5.41, 5.74) is 7.08. The molecular weight excluding hydrogens is 314 g/mol.